The van der Waals surface area contributed by atoms with Crippen LogP contribution in [-0.2, 0) is 22.6 Å². The third-order valence-electron chi connectivity index (χ3n) is 5.30. The summed E-state index contributed by atoms with van der Waals surface area (Å²) in [6, 6.07) is 17.0. The van der Waals surface area contributed by atoms with Gasteiger partial charge < -0.3 is 16.0 Å². The van der Waals surface area contributed by atoms with Crippen LogP contribution in [-0.4, -0.2) is 35.9 Å². The minimum absolute atomic E-state index is 0. The van der Waals surface area contributed by atoms with Crippen molar-refractivity contribution in [2.75, 3.05) is 12.0 Å². The van der Waals surface area contributed by atoms with Crippen LogP contribution in [0.2, 0.25) is 0 Å². The maximum atomic E-state index is 12.9. The normalized spacial score (nSPS) is 17.1. The Bertz CT molecular complexity index is 834. The van der Waals surface area contributed by atoms with E-state index < -0.39 is 6.04 Å². The lowest BCUT2D eigenvalue weighted by Gasteiger charge is -2.28. The molecule has 0 saturated carbocycles. The maximum absolute atomic E-state index is 12.9. The largest absolute Gasteiger partial charge is 0.348 e. The number of benzene rings is 2. The van der Waals surface area contributed by atoms with Crippen molar-refractivity contribution in [1.82, 2.24) is 16.0 Å². The van der Waals surface area contributed by atoms with Crippen LogP contribution in [0.4, 0.5) is 0 Å². The summed E-state index contributed by atoms with van der Waals surface area (Å²) in [5.74, 6) is 0.548. The van der Waals surface area contributed by atoms with Gasteiger partial charge in [0.1, 0.15) is 6.04 Å². The summed E-state index contributed by atoms with van der Waals surface area (Å²) in [5.41, 5.74) is 3.46. The zero-order chi connectivity index (χ0) is 20.6. The zero-order valence-electron chi connectivity index (χ0n) is 17.4. The molecule has 2 amide bonds. The van der Waals surface area contributed by atoms with E-state index in [-0.39, 0.29) is 36.3 Å². The topological polar surface area (TPSA) is 70.2 Å². The molecule has 0 aromatic heterocycles. The first-order valence-corrected chi connectivity index (χ1v) is 11.4. The maximum Gasteiger partial charge on any atom is 0.243 e. The highest BCUT2D eigenvalue weighted by Crippen LogP contribution is 2.17. The van der Waals surface area contributed by atoms with Gasteiger partial charge in [-0.25, -0.2) is 0 Å². The van der Waals surface area contributed by atoms with Gasteiger partial charge in [-0.2, -0.15) is 11.8 Å². The molecule has 0 bridgehead atoms. The van der Waals surface area contributed by atoms with Crippen LogP contribution in [0.3, 0.4) is 0 Å². The molecule has 0 spiro atoms. The summed E-state index contributed by atoms with van der Waals surface area (Å²) < 4.78 is 0. The number of rotatable bonds is 8. The molecule has 30 heavy (non-hydrogen) atoms. The van der Waals surface area contributed by atoms with E-state index in [1.165, 1.54) is 11.1 Å². The highest BCUT2D eigenvalue weighted by Gasteiger charge is 2.28. The van der Waals surface area contributed by atoms with Crippen LogP contribution < -0.4 is 16.0 Å². The summed E-state index contributed by atoms with van der Waals surface area (Å²) in [6.07, 6.45) is 3.24. The third kappa shape index (κ3) is 6.49. The number of carbonyl (C=O) groups is 2. The van der Waals surface area contributed by atoms with Crippen molar-refractivity contribution in [3.63, 3.8) is 0 Å². The molecule has 3 atom stereocenters. The molecule has 2 aromatic rings. The van der Waals surface area contributed by atoms with Crippen molar-refractivity contribution in [3.05, 3.63) is 71.3 Å². The fraction of sp³-hybridized carbons (Fsp3) is 0.391. The van der Waals surface area contributed by atoms with Crippen molar-refractivity contribution in [3.8, 4) is 0 Å². The Hall–Kier alpha value is -2.02. The third-order valence-corrected chi connectivity index (χ3v) is 5.94. The summed E-state index contributed by atoms with van der Waals surface area (Å²) in [5, 5.41) is 9.32. The van der Waals surface area contributed by atoms with Crippen LogP contribution in [0, 0.1) is 0 Å². The molecular weight excluding hydrogens is 418 g/mol. The number of hydrogen-bond acceptors (Lipinski definition) is 4. The lowest BCUT2D eigenvalue weighted by Crippen LogP contribution is -2.54. The van der Waals surface area contributed by atoms with E-state index in [1.54, 1.807) is 11.8 Å². The monoisotopic (exact) mass is 447 g/mol. The van der Waals surface area contributed by atoms with Crippen LogP contribution >= 0.6 is 24.2 Å². The Morgan fingerprint density at radius 2 is 1.73 bits per heavy atom. The molecule has 7 heteroatoms. The quantitative estimate of drug-likeness (QED) is 0.581. The van der Waals surface area contributed by atoms with Gasteiger partial charge in [0, 0.05) is 6.54 Å². The summed E-state index contributed by atoms with van der Waals surface area (Å²) in [6.45, 7) is 2.63. The van der Waals surface area contributed by atoms with E-state index >= 15 is 0 Å². The minimum Gasteiger partial charge on any atom is -0.348 e. The van der Waals surface area contributed by atoms with E-state index in [4.69, 9.17) is 0 Å². The molecule has 0 fully saturated rings. The number of thioether (sulfide) groups is 1. The van der Waals surface area contributed by atoms with Gasteiger partial charge in [0.05, 0.1) is 12.1 Å². The highest BCUT2D eigenvalue weighted by atomic mass is 35.5. The first-order valence-electron chi connectivity index (χ1n) is 10.0. The summed E-state index contributed by atoms with van der Waals surface area (Å²) >= 11 is 1.67. The number of halogens is 1. The minimum atomic E-state index is -0.542. The molecule has 2 aromatic carbocycles. The SMILES string of the molecule is CSCC[C@H](NC(=O)[C@@H]1Cc2ccccc2CN1)C(=O)NC(C)c1ccccc1.Cl. The molecule has 162 valence electrons. The molecule has 1 unspecified atom stereocenters. The number of nitrogens with one attached hydrogen (secondary N) is 3. The van der Waals surface area contributed by atoms with Crippen LogP contribution in [0.15, 0.2) is 54.6 Å². The molecule has 5 nitrogen and oxygen atoms in total. The number of fused-ring (bicyclic) bond motifs is 1. The highest BCUT2D eigenvalue weighted by molar-refractivity contribution is 7.98. The van der Waals surface area contributed by atoms with Gasteiger partial charge in [-0.3, -0.25) is 9.59 Å². The smallest absolute Gasteiger partial charge is 0.243 e. The second-order valence-corrected chi connectivity index (χ2v) is 8.38. The Kier molecular flexibility index (Phi) is 9.69. The van der Waals surface area contributed by atoms with Gasteiger partial charge in [-0.1, -0.05) is 54.6 Å². The van der Waals surface area contributed by atoms with Gasteiger partial charge in [-0.05, 0) is 48.5 Å². The predicted molar refractivity (Wildman–Crippen MR) is 126 cm³/mol. The fourth-order valence-electron chi connectivity index (χ4n) is 3.56. The van der Waals surface area contributed by atoms with Gasteiger partial charge in [0.2, 0.25) is 11.8 Å². The number of hydrogen-bond donors (Lipinski definition) is 3. The van der Waals surface area contributed by atoms with Crippen molar-refractivity contribution < 1.29 is 9.59 Å². The van der Waals surface area contributed by atoms with E-state index in [1.807, 2.05) is 55.6 Å². The van der Waals surface area contributed by atoms with E-state index in [9.17, 15) is 9.59 Å². The molecule has 1 aliphatic rings. The molecule has 0 saturated heterocycles. The summed E-state index contributed by atoms with van der Waals surface area (Å²) in [4.78, 5) is 25.8. The Labute approximate surface area is 189 Å². The fourth-order valence-corrected chi connectivity index (χ4v) is 4.03. The molecule has 0 radical (unpaired) electrons. The van der Waals surface area contributed by atoms with Crippen LogP contribution in [0.25, 0.3) is 0 Å². The Morgan fingerprint density at radius 3 is 2.43 bits per heavy atom. The van der Waals surface area contributed by atoms with Gasteiger partial charge in [0.15, 0.2) is 0 Å². The van der Waals surface area contributed by atoms with Crippen molar-refractivity contribution in [2.45, 2.75) is 44.4 Å². The molecule has 1 heterocycles. The van der Waals surface area contributed by atoms with Crippen LogP contribution in [0.5, 0.6) is 0 Å². The van der Waals surface area contributed by atoms with E-state index in [2.05, 4.69) is 28.1 Å². The summed E-state index contributed by atoms with van der Waals surface area (Å²) in [7, 11) is 0. The molecule has 0 aliphatic carbocycles. The van der Waals surface area contributed by atoms with Crippen LogP contribution in [0.1, 0.15) is 36.1 Å². The predicted octanol–water partition coefficient (Wildman–Crippen LogP) is 3.24. The second kappa shape index (κ2) is 12.0. The zero-order valence-corrected chi connectivity index (χ0v) is 19.0. The molecule has 3 N–H and O–H groups in total. The average molecular weight is 448 g/mol. The van der Waals surface area contributed by atoms with Crippen molar-refractivity contribution in [1.29, 1.82) is 0 Å². The number of amides is 2. The van der Waals surface area contributed by atoms with E-state index in [0.717, 1.165) is 11.3 Å². The standard InChI is InChI=1S/C23H29N3O2S.ClH/c1-16(17-8-4-3-5-9-17)25-22(27)20(12-13-29-2)26-23(28)21-14-18-10-6-7-11-19(18)15-24-21;/h3-11,16,20-21,24H,12-15H2,1-2H3,(H,25,27)(H,26,28);1H/t16?,20-,21-;/m0./s1. The van der Waals surface area contributed by atoms with E-state index in [0.29, 0.717) is 19.4 Å². The first-order chi connectivity index (χ1) is 14.1. The van der Waals surface area contributed by atoms with Gasteiger partial charge in [0.25, 0.3) is 0 Å². The average Bonchev–Trinajstić information content (AvgIpc) is 2.76. The lowest BCUT2D eigenvalue weighted by molar-refractivity contribution is -0.130. The number of carbonyl (C=O) groups excluding carboxylic acids is 2. The first kappa shape index (κ1) is 24.3. The molecular formula is C23H30ClN3O2S. The Balaban J connectivity index is 0.00000320. The second-order valence-electron chi connectivity index (χ2n) is 7.39. The molecule has 3 rings (SSSR count). The van der Waals surface area contributed by atoms with Gasteiger partial charge >= 0.3 is 0 Å². The lowest BCUT2D eigenvalue weighted by atomic mass is 9.95. The molecule has 1 aliphatic heterocycles. The van der Waals surface area contributed by atoms with Gasteiger partial charge in [-0.15, -0.1) is 12.4 Å². The van der Waals surface area contributed by atoms with Crippen molar-refractivity contribution in [2.24, 2.45) is 0 Å². The Morgan fingerprint density at radius 1 is 1.07 bits per heavy atom. The van der Waals surface area contributed by atoms with Crippen molar-refractivity contribution >= 4 is 36.0 Å².